The molecule has 1 aromatic heterocycles. The van der Waals surface area contributed by atoms with Gasteiger partial charge in [-0.2, -0.15) is 0 Å². The van der Waals surface area contributed by atoms with Crippen molar-refractivity contribution in [1.29, 1.82) is 0 Å². The number of rotatable bonds is 15. The molecular formula is C27H38N2O2. The molecule has 1 atom stereocenters. The number of carbonyl (C=O) groups is 1. The van der Waals surface area contributed by atoms with E-state index in [2.05, 4.69) is 35.9 Å². The lowest BCUT2D eigenvalue weighted by Crippen LogP contribution is -2.08. The Morgan fingerprint density at radius 3 is 2.26 bits per heavy atom. The molecular weight excluding hydrogens is 384 g/mol. The van der Waals surface area contributed by atoms with Gasteiger partial charge in [-0.3, -0.25) is 0 Å². The first-order chi connectivity index (χ1) is 15.2. The second-order valence-electron chi connectivity index (χ2n) is 8.18. The van der Waals surface area contributed by atoms with Crippen molar-refractivity contribution in [3.05, 3.63) is 66.0 Å². The number of unbranched alkanes of at least 4 members (excludes halogenated alkanes) is 7. The van der Waals surface area contributed by atoms with Gasteiger partial charge >= 0.3 is 12.0 Å². The summed E-state index contributed by atoms with van der Waals surface area (Å²) in [7, 11) is 0. The Hall–Kier alpha value is -2.49. The van der Waals surface area contributed by atoms with E-state index in [0.29, 0.717) is 0 Å². The summed E-state index contributed by atoms with van der Waals surface area (Å²) in [6.45, 7) is 4.42. The summed E-state index contributed by atoms with van der Waals surface area (Å²) in [6, 6.07) is 10.5. The third-order valence-electron chi connectivity index (χ3n) is 5.50. The van der Waals surface area contributed by atoms with Crippen molar-refractivity contribution >= 4 is 5.97 Å². The van der Waals surface area contributed by atoms with Crippen LogP contribution in [0.25, 0.3) is 0 Å². The van der Waals surface area contributed by atoms with Crippen LogP contribution in [0.15, 0.2) is 54.9 Å². The predicted molar refractivity (Wildman–Crippen MR) is 127 cm³/mol. The summed E-state index contributed by atoms with van der Waals surface area (Å²) in [5, 5.41) is 0. The molecule has 2 aromatic rings. The highest BCUT2D eigenvalue weighted by Crippen LogP contribution is 2.24. The minimum Gasteiger partial charge on any atom is -0.388 e. The fourth-order valence-corrected chi connectivity index (χ4v) is 3.64. The smallest absolute Gasteiger partial charge is 0.338 e. The van der Waals surface area contributed by atoms with Crippen molar-refractivity contribution in [2.45, 2.75) is 90.4 Å². The van der Waals surface area contributed by atoms with E-state index in [4.69, 9.17) is 4.74 Å². The first-order valence-corrected chi connectivity index (χ1v) is 12.0. The Kier molecular flexibility index (Phi) is 12.3. The van der Waals surface area contributed by atoms with Gasteiger partial charge in [0.15, 0.2) is 0 Å². The van der Waals surface area contributed by atoms with Crippen LogP contribution in [0.4, 0.5) is 0 Å². The number of ether oxygens (including phenoxy) is 1. The second kappa shape index (κ2) is 15.3. The van der Waals surface area contributed by atoms with E-state index >= 15 is 0 Å². The number of hydrogen-bond acceptors (Lipinski definition) is 4. The maximum Gasteiger partial charge on any atom is 0.338 e. The zero-order valence-corrected chi connectivity index (χ0v) is 19.3. The summed E-state index contributed by atoms with van der Waals surface area (Å²) in [5.74, 6) is -0.218. The average Bonchev–Trinajstić information content (AvgIpc) is 2.80. The highest BCUT2D eigenvalue weighted by molar-refractivity contribution is 5.83. The fourth-order valence-electron chi connectivity index (χ4n) is 3.64. The molecule has 0 aliphatic carbocycles. The first kappa shape index (κ1) is 24.8. The topological polar surface area (TPSA) is 52.1 Å². The number of benzene rings is 1. The van der Waals surface area contributed by atoms with Crippen molar-refractivity contribution in [3.63, 3.8) is 0 Å². The Bertz CT molecular complexity index is 757. The van der Waals surface area contributed by atoms with Crippen LogP contribution < -0.4 is 4.74 Å². The summed E-state index contributed by atoms with van der Waals surface area (Å²) >= 11 is 0. The summed E-state index contributed by atoms with van der Waals surface area (Å²) in [6.07, 6.45) is 20.1. The zero-order valence-electron chi connectivity index (χ0n) is 19.3. The monoisotopic (exact) mass is 422 g/mol. The standard InChI is InChI=1S/C27H38N2O2/c1-3-5-7-8-9-12-18-25(24-16-13-10-14-17-24)19-20-26(30)31-27-28-21-23(22-29-27)15-11-6-4-2/h10,13-14,16-17,19-22,25H,3-9,11-12,15,18H2,1-2H3/b20-19+. The van der Waals surface area contributed by atoms with Gasteiger partial charge in [-0.15, -0.1) is 0 Å². The molecule has 4 heteroatoms. The lowest BCUT2D eigenvalue weighted by molar-refractivity contribution is -0.129. The molecule has 1 heterocycles. The minimum absolute atomic E-state index is 0.112. The number of esters is 1. The molecule has 2 rings (SSSR count). The van der Waals surface area contributed by atoms with E-state index in [1.54, 1.807) is 12.4 Å². The van der Waals surface area contributed by atoms with Gasteiger partial charge in [0, 0.05) is 24.4 Å². The minimum atomic E-state index is -0.428. The Morgan fingerprint density at radius 1 is 0.903 bits per heavy atom. The van der Waals surface area contributed by atoms with E-state index in [0.717, 1.165) is 31.2 Å². The molecule has 0 aliphatic heterocycles. The Labute approximate surface area is 188 Å². The highest BCUT2D eigenvalue weighted by Gasteiger charge is 2.10. The van der Waals surface area contributed by atoms with E-state index in [1.807, 2.05) is 24.3 Å². The third kappa shape index (κ3) is 10.4. The SMILES string of the molecule is CCCCCCCCC(/C=C/C(=O)Oc1ncc(CCCCC)cn1)c1ccccc1. The molecule has 4 nitrogen and oxygen atoms in total. The van der Waals surface area contributed by atoms with Gasteiger partial charge < -0.3 is 4.74 Å². The van der Waals surface area contributed by atoms with E-state index in [-0.39, 0.29) is 11.9 Å². The third-order valence-corrected chi connectivity index (χ3v) is 5.50. The molecule has 0 radical (unpaired) electrons. The van der Waals surface area contributed by atoms with Gasteiger partial charge in [0.2, 0.25) is 0 Å². The Morgan fingerprint density at radius 2 is 1.55 bits per heavy atom. The molecule has 0 saturated heterocycles. The highest BCUT2D eigenvalue weighted by atomic mass is 16.5. The van der Waals surface area contributed by atoms with Gasteiger partial charge in [0.05, 0.1) is 0 Å². The molecule has 1 aromatic carbocycles. The molecule has 0 amide bonds. The normalized spacial score (nSPS) is 12.2. The number of aromatic nitrogens is 2. The number of aryl methyl sites for hydroxylation is 1. The number of allylic oxidation sites excluding steroid dienone is 1. The lowest BCUT2D eigenvalue weighted by atomic mass is 9.92. The summed E-state index contributed by atoms with van der Waals surface area (Å²) in [4.78, 5) is 20.7. The molecule has 0 bridgehead atoms. The van der Waals surface area contributed by atoms with Crippen LogP contribution in [-0.2, 0) is 11.2 Å². The molecule has 0 N–H and O–H groups in total. The number of hydrogen-bond donors (Lipinski definition) is 0. The maximum atomic E-state index is 12.3. The molecule has 0 saturated carbocycles. The molecule has 31 heavy (non-hydrogen) atoms. The fraction of sp³-hybridized carbons (Fsp3) is 0.519. The van der Waals surface area contributed by atoms with Gasteiger partial charge in [0.25, 0.3) is 0 Å². The van der Waals surface area contributed by atoms with Crippen LogP contribution in [0.5, 0.6) is 6.01 Å². The zero-order chi connectivity index (χ0) is 22.2. The Balaban J connectivity index is 1.87. The van der Waals surface area contributed by atoms with Crippen molar-refractivity contribution in [1.82, 2.24) is 9.97 Å². The van der Waals surface area contributed by atoms with Gasteiger partial charge in [-0.25, -0.2) is 14.8 Å². The summed E-state index contributed by atoms with van der Waals surface area (Å²) in [5.41, 5.74) is 2.31. The largest absolute Gasteiger partial charge is 0.388 e. The van der Waals surface area contributed by atoms with Crippen LogP contribution in [-0.4, -0.2) is 15.9 Å². The van der Waals surface area contributed by atoms with Crippen molar-refractivity contribution < 1.29 is 9.53 Å². The van der Waals surface area contributed by atoms with Gasteiger partial charge in [0.1, 0.15) is 0 Å². The molecule has 0 fully saturated rings. The maximum absolute atomic E-state index is 12.3. The van der Waals surface area contributed by atoms with Crippen molar-refractivity contribution in [3.8, 4) is 6.01 Å². The van der Waals surface area contributed by atoms with Crippen LogP contribution >= 0.6 is 0 Å². The van der Waals surface area contributed by atoms with Crippen LogP contribution in [0.3, 0.4) is 0 Å². The molecule has 0 spiro atoms. The molecule has 168 valence electrons. The van der Waals surface area contributed by atoms with Gasteiger partial charge in [-0.05, 0) is 30.4 Å². The van der Waals surface area contributed by atoms with Crippen LogP contribution in [0.2, 0.25) is 0 Å². The average molecular weight is 423 g/mol. The quantitative estimate of drug-likeness (QED) is 0.173. The number of carbonyl (C=O) groups excluding carboxylic acids is 1. The van der Waals surface area contributed by atoms with Crippen LogP contribution in [0, 0.1) is 0 Å². The molecule has 0 aliphatic rings. The number of nitrogens with zero attached hydrogens (tertiary/aromatic N) is 2. The van der Waals surface area contributed by atoms with E-state index < -0.39 is 5.97 Å². The van der Waals surface area contributed by atoms with E-state index in [1.165, 1.54) is 56.6 Å². The van der Waals surface area contributed by atoms with Crippen molar-refractivity contribution in [2.24, 2.45) is 0 Å². The van der Waals surface area contributed by atoms with E-state index in [9.17, 15) is 4.79 Å². The first-order valence-electron chi connectivity index (χ1n) is 12.0. The van der Waals surface area contributed by atoms with Crippen molar-refractivity contribution in [2.75, 3.05) is 0 Å². The summed E-state index contributed by atoms with van der Waals surface area (Å²) < 4.78 is 5.30. The predicted octanol–water partition coefficient (Wildman–Crippen LogP) is 7.21. The molecule has 1 unspecified atom stereocenters. The lowest BCUT2D eigenvalue weighted by Gasteiger charge is -2.13. The second-order valence-corrected chi connectivity index (χ2v) is 8.18. The van der Waals surface area contributed by atoms with Crippen LogP contribution in [0.1, 0.15) is 95.1 Å². The van der Waals surface area contributed by atoms with Gasteiger partial charge in [-0.1, -0.05) is 102 Å².